The van der Waals surface area contributed by atoms with E-state index in [2.05, 4.69) is 20.7 Å². The monoisotopic (exact) mass is 443 g/mol. The van der Waals surface area contributed by atoms with Crippen molar-refractivity contribution in [1.29, 1.82) is 0 Å². The first-order valence-electron chi connectivity index (χ1n) is 10.3. The zero-order valence-electron chi connectivity index (χ0n) is 17.5. The summed E-state index contributed by atoms with van der Waals surface area (Å²) in [5.74, 6) is -3.93. The number of halogens is 2. The van der Waals surface area contributed by atoms with Crippen molar-refractivity contribution < 1.29 is 18.4 Å². The third kappa shape index (κ3) is 4.66. The molecule has 168 valence electrons. The van der Waals surface area contributed by atoms with Gasteiger partial charge in [-0.3, -0.25) is 14.3 Å². The molecule has 11 heteroatoms. The van der Waals surface area contributed by atoms with E-state index in [4.69, 9.17) is 0 Å². The van der Waals surface area contributed by atoms with Gasteiger partial charge in [-0.05, 0) is 18.6 Å². The van der Waals surface area contributed by atoms with Crippen LogP contribution in [0.4, 0.5) is 8.78 Å². The van der Waals surface area contributed by atoms with Crippen LogP contribution in [0.15, 0.2) is 48.8 Å². The smallest absolute Gasteiger partial charge is 0.273 e. The van der Waals surface area contributed by atoms with Crippen molar-refractivity contribution in [3.05, 3.63) is 65.7 Å². The molecule has 32 heavy (non-hydrogen) atoms. The lowest BCUT2D eigenvalue weighted by Gasteiger charge is -2.23. The molecule has 0 saturated carbocycles. The second kappa shape index (κ2) is 8.85. The standard InChI is InChI=1S/C21H23F2N7O2/c1-2-30-18(8-9-25-30)20(32)29-14-21(22,23)10-16(29)12-28-13-17(26-27-28)19(31)24-11-15-6-4-3-5-7-15/h3-9,13,16H,2,10-12,14H2,1H3,(H,24,31)/t16-/m0/s1. The van der Waals surface area contributed by atoms with Crippen LogP contribution in [0.25, 0.3) is 0 Å². The van der Waals surface area contributed by atoms with Gasteiger partial charge in [0.2, 0.25) is 0 Å². The molecule has 3 aromatic rings. The minimum atomic E-state index is -3.01. The fourth-order valence-electron chi connectivity index (χ4n) is 3.79. The molecule has 0 spiro atoms. The number of likely N-dealkylation sites (tertiary alicyclic amines) is 1. The maximum atomic E-state index is 14.2. The van der Waals surface area contributed by atoms with Gasteiger partial charge in [-0.15, -0.1) is 5.10 Å². The third-order valence-corrected chi connectivity index (χ3v) is 5.34. The highest BCUT2D eigenvalue weighted by Crippen LogP contribution is 2.33. The SMILES string of the molecule is CCn1nccc1C(=O)N1CC(F)(F)C[C@H]1Cn1cc(C(=O)NCc2ccccc2)nn1. The molecule has 3 heterocycles. The third-order valence-electron chi connectivity index (χ3n) is 5.34. The number of carbonyl (C=O) groups excluding carboxylic acids is 2. The largest absolute Gasteiger partial charge is 0.347 e. The molecule has 0 unspecified atom stereocenters. The summed E-state index contributed by atoms with van der Waals surface area (Å²) in [6, 6.07) is 10.1. The predicted molar refractivity (Wildman–Crippen MR) is 110 cm³/mol. The maximum absolute atomic E-state index is 14.2. The van der Waals surface area contributed by atoms with Crippen LogP contribution in [-0.4, -0.2) is 60.0 Å². The number of nitrogens with one attached hydrogen (secondary N) is 1. The van der Waals surface area contributed by atoms with Gasteiger partial charge in [0.15, 0.2) is 5.69 Å². The first-order valence-corrected chi connectivity index (χ1v) is 10.3. The number of aromatic nitrogens is 5. The van der Waals surface area contributed by atoms with Crippen molar-refractivity contribution >= 4 is 11.8 Å². The molecule has 1 aliphatic heterocycles. The normalized spacial score (nSPS) is 17.5. The van der Waals surface area contributed by atoms with E-state index < -0.39 is 36.7 Å². The van der Waals surface area contributed by atoms with Gasteiger partial charge in [-0.25, -0.2) is 13.5 Å². The Morgan fingerprint density at radius 1 is 1.22 bits per heavy atom. The highest BCUT2D eigenvalue weighted by Gasteiger charge is 2.47. The molecule has 1 atom stereocenters. The summed E-state index contributed by atoms with van der Waals surface area (Å²) in [4.78, 5) is 26.4. The topological polar surface area (TPSA) is 97.9 Å². The number of alkyl halides is 2. The summed E-state index contributed by atoms with van der Waals surface area (Å²) in [6.45, 7) is 1.92. The zero-order valence-corrected chi connectivity index (χ0v) is 17.5. The molecule has 0 aliphatic carbocycles. The van der Waals surface area contributed by atoms with Crippen molar-refractivity contribution in [3.8, 4) is 0 Å². The van der Waals surface area contributed by atoms with Crippen LogP contribution in [0.5, 0.6) is 0 Å². The molecule has 9 nitrogen and oxygen atoms in total. The molecule has 1 aliphatic rings. The average Bonchev–Trinajstić information content (AvgIpc) is 3.51. The number of aryl methyl sites for hydroxylation is 1. The number of hydrogen-bond donors (Lipinski definition) is 1. The van der Waals surface area contributed by atoms with Gasteiger partial charge in [0, 0.05) is 25.7 Å². The molecule has 1 fully saturated rings. The van der Waals surface area contributed by atoms with E-state index in [-0.39, 0.29) is 17.9 Å². The number of amides is 2. The Balaban J connectivity index is 1.43. The summed E-state index contributed by atoms with van der Waals surface area (Å²) in [5, 5.41) is 14.5. The van der Waals surface area contributed by atoms with E-state index in [1.165, 1.54) is 27.8 Å². The quantitative estimate of drug-likeness (QED) is 0.602. The molecule has 1 saturated heterocycles. The Kier molecular flexibility index (Phi) is 5.97. The lowest BCUT2D eigenvalue weighted by Crippen LogP contribution is -2.39. The zero-order chi connectivity index (χ0) is 22.7. The average molecular weight is 443 g/mol. The van der Waals surface area contributed by atoms with Crippen molar-refractivity contribution in [2.24, 2.45) is 0 Å². The van der Waals surface area contributed by atoms with E-state index in [9.17, 15) is 18.4 Å². The predicted octanol–water partition coefficient (Wildman–Crippen LogP) is 1.97. The van der Waals surface area contributed by atoms with Crippen LogP contribution in [0.1, 0.15) is 39.9 Å². The molecule has 1 aromatic carbocycles. The summed E-state index contributed by atoms with van der Waals surface area (Å²) in [7, 11) is 0. The van der Waals surface area contributed by atoms with E-state index >= 15 is 0 Å². The fraction of sp³-hybridized carbons (Fsp3) is 0.381. The second-order valence-corrected chi connectivity index (χ2v) is 7.67. The Morgan fingerprint density at radius 3 is 2.75 bits per heavy atom. The van der Waals surface area contributed by atoms with Crippen molar-refractivity contribution in [2.45, 2.75) is 44.9 Å². The van der Waals surface area contributed by atoms with Crippen LogP contribution in [0.2, 0.25) is 0 Å². The van der Waals surface area contributed by atoms with Crippen LogP contribution in [-0.2, 0) is 19.6 Å². The number of nitrogens with zero attached hydrogens (tertiary/aromatic N) is 6. The number of rotatable bonds is 7. The Bertz CT molecular complexity index is 1100. The van der Waals surface area contributed by atoms with Gasteiger partial charge in [0.05, 0.1) is 25.3 Å². The van der Waals surface area contributed by atoms with Crippen LogP contribution < -0.4 is 5.32 Å². The Labute approximate surface area is 183 Å². The lowest BCUT2D eigenvalue weighted by molar-refractivity contribution is 0.0116. The first kappa shape index (κ1) is 21.6. The highest BCUT2D eigenvalue weighted by molar-refractivity contribution is 5.93. The summed E-state index contributed by atoms with van der Waals surface area (Å²) in [5.41, 5.74) is 1.27. The number of carbonyl (C=O) groups is 2. The Morgan fingerprint density at radius 2 is 2.00 bits per heavy atom. The molecular weight excluding hydrogens is 420 g/mol. The van der Waals surface area contributed by atoms with Crippen LogP contribution in [0.3, 0.4) is 0 Å². The van der Waals surface area contributed by atoms with E-state index in [1.54, 1.807) is 0 Å². The van der Waals surface area contributed by atoms with Gasteiger partial charge >= 0.3 is 0 Å². The van der Waals surface area contributed by atoms with Gasteiger partial charge < -0.3 is 10.2 Å². The maximum Gasteiger partial charge on any atom is 0.273 e. The van der Waals surface area contributed by atoms with E-state index in [0.29, 0.717) is 13.1 Å². The van der Waals surface area contributed by atoms with Crippen LogP contribution in [0, 0.1) is 0 Å². The Hall–Kier alpha value is -3.63. The van der Waals surface area contributed by atoms with Crippen molar-refractivity contribution in [1.82, 2.24) is 35.0 Å². The van der Waals surface area contributed by atoms with Gasteiger partial charge in [0.25, 0.3) is 17.7 Å². The highest BCUT2D eigenvalue weighted by atomic mass is 19.3. The molecule has 4 rings (SSSR count). The molecular formula is C21H23F2N7O2. The van der Waals surface area contributed by atoms with E-state index in [0.717, 1.165) is 10.5 Å². The number of benzene rings is 1. The minimum absolute atomic E-state index is 0.000553. The van der Waals surface area contributed by atoms with Gasteiger partial charge in [-0.1, -0.05) is 35.5 Å². The molecule has 1 N–H and O–H groups in total. The summed E-state index contributed by atoms with van der Waals surface area (Å²) in [6.07, 6.45) is 2.38. The molecule has 2 amide bonds. The lowest BCUT2D eigenvalue weighted by atomic mass is 10.2. The van der Waals surface area contributed by atoms with Crippen LogP contribution >= 0.6 is 0 Å². The summed E-state index contributed by atoms with van der Waals surface area (Å²) < 4.78 is 31.2. The number of hydrogen-bond acceptors (Lipinski definition) is 5. The summed E-state index contributed by atoms with van der Waals surface area (Å²) >= 11 is 0. The molecule has 0 radical (unpaired) electrons. The fourth-order valence-corrected chi connectivity index (χ4v) is 3.79. The van der Waals surface area contributed by atoms with E-state index in [1.807, 2.05) is 37.3 Å². The van der Waals surface area contributed by atoms with Crippen molar-refractivity contribution in [2.75, 3.05) is 6.54 Å². The molecule has 0 bridgehead atoms. The first-order chi connectivity index (χ1) is 15.4. The second-order valence-electron chi connectivity index (χ2n) is 7.67. The van der Waals surface area contributed by atoms with Gasteiger partial charge in [0.1, 0.15) is 5.69 Å². The minimum Gasteiger partial charge on any atom is -0.347 e. The van der Waals surface area contributed by atoms with Crippen molar-refractivity contribution in [3.63, 3.8) is 0 Å². The van der Waals surface area contributed by atoms with Gasteiger partial charge in [-0.2, -0.15) is 5.10 Å². The molecule has 2 aromatic heterocycles.